The number of nitrogens with zero attached hydrogens (tertiary/aromatic N) is 1. The summed E-state index contributed by atoms with van der Waals surface area (Å²) < 4.78 is 6.29. The molecule has 0 spiro atoms. The monoisotopic (exact) mass is 432 g/mol. The first-order valence-corrected chi connectivity index (χ1v) is 10.3. The van der Waals surface area contributed by atoms with Crippen LogP contribution in [0.2, 0.25) is 5.02 Å². The number of anilines is 1. The summed E-state index contributed by atoms with van der Waals surface area (Å²) in [6.45, 7) is 0. The number of amides is 1. The van der Waals surface area contributed by atoms with E-state index in [1.165, 1.54) is 11.3 Å². The Kier molecular flexibility index (Phi) is 4.58. The molecule has 2 aromatic heterocycles. The van der Waals surface area contributed by atoms with Crippen molar-refractivity contribution in [1.82, 2.24) is 4.98 Å². The molecule has 7 heteroatoms. The Morgan fingerprint density at radius 3 is 2.60 bits per heavy atom. The smallest absolute Gasteiger partial charge is 0.344 e. The van der Waals surface area contributed by atoms with Crippen molar-refractivity contribution < 1.29 is 9.21 Å². The second-order valence-electron chi connectivity index (χ2n) is 6.62. The lowest BCUT2D eigenvalue weighted by atomic mass is 10.0. The van der Waals surface area contributed by atoms with Gasteiger partial charge in [-0.05, 0) is 42.0 Å². The first-order valence-electron chi connectivity index (χ1n) is 9.08. The van der Waals surface area contributed by atoms with Crippen molar-refractivity contribution in [1.29, 1.82) is 0 Å². The van der Waals surface area contributed by atoms with Crippen LogP contribution in [0.25, 0.3) is 32.3 Å². The maximum atomic E-state index is 12.6. The molecule has 30 heavy (non-hydrogen) atoms. The van der Waals surface area contributed by atoms with E-state index < -0.39 is 5.63 Å². The average Bonchev–Trinajstić information content (AvgIpc) is 3.17. The number of benzene rings is 3. The molecule has 0 atom stereocenters. The minimum absolute atomic E-state index is 0.290. The molecule has 1 amide bonds. The zero-order valence-corrected chi connectivity index (χ0v) is 17.0. The number of nitrogens with one attached hydrogen (secondary N) is 1. The number of thiazole rings is 1. The lowest BCUT2D eigenvalue weighted by molar-refractivity contribution is 0.102. The number of hydrogen-bond acceptors (Lipinski definition) is 5. The van der Waals surface area contributed by atoms with Crippen molar-refractivity contribution in [2.75, 3.05) is 5.32 Å². The largest absolute Gasteiger partial charge is 0.422 e. The molecule has 5 rings (SSSR count). The molecule has 0 bridgehead atoms. The Labute approximate surface area is 179 Å². The summed E-state index contributed by atoms with van der Waals surface area (Å²) in [6, 6.07) is 21.4. The highest BCUT2D eigenvalue weighted by Crippen LogP contribution is 2.31. The highest BCUT2D eigenvalue weighted by Gasteiger charge is 2.13. The molecule has 2 heterocycles. The molecule has 0 radical (unpaired) electrons. The van der Waals surface area contributed by atoms with Crippen LogP contribution in [-0.4, -0.2) is 10.9 Å². The molecule has 0 fully saturated rings. The normalized spacial score (nSPS) is 11.1. The van der Waals surface area contributed by atoms with Gasteiger partial charge in [0.1, 0.15) is 11.1 Å². The third kappa shape index (κ3) is 3.36. The Morgan fingerprint density at radius 2 is 1.80 bits per heavy atom. The Bertz CT molecular complexity index is 1470. The fraction of sp³-hybridized carbons (Fsp3) is 0. The molecule has 5 nitrogen and oxygen atoms in total. The van der Waals surface area contributed by atoms with Gasteiger partial charge in [-0.1, -0.05) is 59.3 Å². The van der Waals surface area contributed by atoms with E-state index in [1.54, 1.807) is 42.5 Å². The van der Waals surface area contributed by atoms with Gasteiger partial charge in [0.2, 0.25) is 0 Å². The van der Waals surface area contributed by atoms with Gasteiger partial charge >= 0.3 is 5.63 Å². The van der Waals surface area contributed by atoms with Gasteiger partial charge in [0, 0.05) is 10.9 Å². The molecule has 0 aliphatic heterocycles. The van der Waals surface area contributed by atoms with Crippen molar-refractivity contribution in [2.24, 2.45) is 0 Å². The Balaban J connectivity index is 1.41. The summed E-state index contributed by atoms with van der Waals surface area (Å²) in [6.07, 6.45) is 0. The van der Waals surface area contributed by atoms with Crippen LogP contribution in [0.15, 0.2) is 82.0 Å². The molecule has 0 aliphatic carbocycles. The number of rotatable bonds is 3. The number of carbonyl (C=O) groups excluding carboxylic acids is 1. The first-order chi connectivity index (χ1) is 14.6. The summed E-state index contributed by atoms with van der Waals surface area (Å²) in [7, 11) is 0. The van der Waals surface area contributed by atoms with Crippen molar-refractivity contribution in [3.05, 3.63) is 93.8 Å². The molecule has 0 unspecified atom stereocenters. The van der Waals surface area contributed by atoms with E-state index >= 15 is 0 Å². The van der Waals surface area contributed by atoms with Gasteiger partial charge < -0.3 is 4.42 Å². The number of para-hydroxylation sites is 2. The minimum Gasteiger partial charge on any atom is -0.422 e. The molecular formula is C23H13ClN2O3S. The summed E-state index contributed by atoms with van der Waals surface area (Å²) in [5.74, 6) is -0.290. The van der Waals surface area contributed by atoms with Crippen LogP contribution in [0.4, 0.5) is 5.13 Å². The van der Waals surface area contributed by atoms with E-state index in [2.05, 4.69) is 10.3 Å². The van der Waals surface area contributed by atoms with Gasteiger partial charge in [0.25, 0.3) is 5.91 Å². The fourth-order valence-corrected chi connectivity index (χ4v) is 4.36. The van der Waals surface area contributed by atoms with Crippen LogP contribution in [0, 0.1) is 0 Å². The van der Waals surface area contributed by atoms with E-state index in [-0.39, 0.29) is 5.91 Å². The van der Waals surface area contributed by atoms with Crippen LogP contribution in [0.5, 0.6) is 0 Å². The molecule has 5 aromatic rings. The quantitative estimate of drug-likeness (QED) is 0.356. The second-order valence-corrected chi connectivity index (χ2v) is 8.06. The average molecular weight is 433 g/mol. The minimum atomic E-state index is -0.419. The van der Waals surface area contributed by atoms with E-state index in [9.17, 15) is 9.59 Å². The Morgan fingerprint density at radius 1 is 1.00 bits per heavy atom. The van der Waals surface area contributed by atoms with E-state index in [1.807, 2.05) is 30.3 Å². The lowest BCUT2D eigenvalue weighted by Crippen LogP contribution is -2.11. The molecule has 0 aliphatic rings. The fourth-order valence-electron chi connectivity index (χ4n) is 3.20. The van der Waals surface area contributed by atoms with Crippen LogP contribution in [0.3, 0.4) is 0 Å². The maximum absolute atomic E-state index is 12.6. The van der Waals surface area contributed by atoms with Crippen LogP contribution < -0.4 is 10.9 Å². The predicted octanol–water partition coefficient (Wildman–Crippen LogP) is 5.98. The lowest BCUT2D eigenvalue weighted by Gasteiger charge is -2.05. The molecule has 146 valence electrons. The summed E-state index contributed by atoms with van der Waals surface area (Å²) >= 11 is 7.50. The van der Waals surface area contributed by atoms with Gasteiger partial charge in [0.05, 0.1) is 15.3 Å². The topological polar surface area (TPSA) is 72.2 Å². The summed E-state index contributed by atoms with van der Waals surface area (Å²) in [5.41, 5.74) is 2.36. The van der Waals surface area contributed by atoms with E-state index in [0.717, 1.165) is 10.1 Å². The van der Waals surface area contributed by atoms with Gasteiger partial charge in [-0.15, -0.1) is 0 Å². The van der Waals surface area contributed by atoms with Gasteiger partial charge in [-0.25, -0.2) is 9.78 Å². The number of halogens is 1. The zero-order chi connectivity index (χ0) is 20.7. The molecule has 1 N–H and O–H groups in total. The first kappa shape index (κ1) is 18.5. The molecular weight excluding hydrogens is 420 g/mol. The predicted molar refractivity (Wildman–Crippen MR) is 121 cm³/mol. The van der Waals surface area contributed by atoms with Crippen molar-refractivity contribution >= 4 is 55.2 Å². The highest BCUT2D eigenvalue weighted by atomic mass is 35.5. The second kappa shape index (κ2) is 7.40. The number of fused-ring (bicyclic) bond motifs is 2. The van der Waals surface area contributed by atoms with Gasteiger partial charge in [0.15, 0.2) is 5.13 Å². The third-order valence-corrected chi connectivity index (χ3v) is 5.93. The number of aromatic nitrogens is 1. The highest BCUT2D eigenvalue weighted by molar-refractivity contribution is 7.22. The maximum Gasteiger partial charge on any atom is 0.344 e. The number of hydrogen-bond donors (Lipinski definition) is 1. The van der Waals surface area contributed by atoms with E-state index in [0.29, 0.717) is 37.9 Å². The van der Waals surface area contributed by atoms with Gasteiger partial charge in [-0.3, -0.25) is 10.1 Å². The van der Waals surface area contributed by atoms with Crippen molar-refractivity contribution in [3.63, 3.8) is 0 Å². The summed E-state index contributed by atoms with van der Waals surface area (Å²) in [4.78, 5) is 29.3. The van der Waals surface area contributed by atoms with Crippen LogP contribution in [-0.2, 0) is 0 Å². The van der Waals surface area contributed by atoms with Crippen LogP contribution in [0.1, 0.15) is 10.4 Å². The molecule has 3 aromatic carbocycles. The SMILES string of the molecule is O=C(Nc1nc2c(Cl)cccc2s1)c1ccc(-c2cc3ccccc3oc2=O)cc1. The molecule has 0 saturated heterocycles. The molecule has 0 saturated carbocycles. The van der Waals surface area contributed by atoms with Crippen molar-refractivity contribution in [3.8, 4) is 11.1 Å². The van der Waals surface area contributed by atoms with Gasteiger partial charge in [-0.2, -0.15) is 0 Å². The standard InChI is InChI=1S/C23H13ClN2O3S/c24-17-5-3-7-19-20(17)25-23(30-19)26-21(27)14-10-8-13(9-11-14)16-12-15-4-1-2-6-18(15)29-22(16)28/h1-12H,(H,25,26,27). The van der Waals surface area contributed by atoms with E-state index in [4.69, 9.17) is 16.0 Å². The van der Waals surface area contributed by atoms with Crippen LogP contribution >= 0.6 is 22.9 Å². The zero-order valence-electron chi connectivity index (χ0n) is 15.4. The Hall–Kier alpha value is -3.48. The number of carbonyl (C=O) groups is 1. The summed E-state index contributed by atoms with van der Waals surface area (Å²) in [5, 5.41) is 4.65. The van der Waals surface area contributed by atoms with Crippen molar-refractivity contribution in [2.45, 2.75) is 0 Å². The third-order valence-electron chi connectivity index (χ3n) is 4.69.